The summed E-state index contributed by atoms with van der Waals surface area (Å²) in [4.78, 5) is 36.2. The highest BCUT2D eigenvalue weighted by atomic mass is 32.2. The van der Waals surface area contributed by atoms with Crippen molar-refractivity contribution < 1.29 is 23.9 Å². The molecule has 0 unspecified atom stereocenters. The number of methoxy groups -OCH3 is 2. The van der Waals surface area contributed by atoms with Crippen LogP contribution >= 0.6 is 11.8 Å². The number of carbonyl (C=O) groups is 3. The number of ether oxygens (including phenoxy) is 2. The normalized spacial score (nSPS) is 10.4. The summed E-state index contributed by atoms with van der Waals surface area (Å²) in [6, 6.07) is 13.2. The molecule has 0 aliphatic heterocycles. The third-order valence-corrected chi connectivity index (χ3v) is 5.60. The third kappa shape index (κ3) is 6.32. The molecule has 10 nitrogen and oxygen atoms in total. The molecule has 0 aliphatic rings. The SMILES string of the molecule is COC(=O)c1cccc(NC(=O)CSc2nnc(CNC(=O)c3ccc(OC)cc3)n2C)c1. The number of anilines is 1. The molecule has 2 aromatic carbocycles. The summed E-state index contributed by atoms with van der Waals surface area (Å²) in [6.07, 6.45) is 0. The molecule has 0 saturated heterocycles. The van der Waals surface area contributed by atoms with Gasteiger partial charge in [-0.3, -0.25) is 9.59 Å². The first kappa shape index (κ1) is 23.8. The lowest BCUT2D eigenvalue weighted by atomic mass is 10.2. The van der Waals surface area contributed by atoms with Gasteiger partial charge in [0.2, 0.25) is 5.91 Å². The Hall–Kier alpha value is -3.86. The van der Waals surface area contributed by atoms with E-state index in [4.69, 9.17) is 4.74 Å². The number of amides is 2. The summed E-state index contributed by atoms with van der Waals surface area (Å²) in [5, 5.41) is 14.2. The molecule has 3 rings (SSSR count). The Bertz CT molecular complexity index is 1150. The van der Waals surface area contributed by atoms with E-state index in [1.54, 1.807) is 67.3 Å². The molecule has 0 fully saturated rings. The minimum Gasteiger partial charge on any atom is -0.497 e. The summed E-state index contributed by atoms with van der Waals surface area (Å²) in [6.45, 7) is 0.182. The highest BCUT2D eigenvalue weighted by Gasteiger charge is 2.14. The third-order valence-electron chi connectivity index (χ3n) is 4.58. The van der Waals surface area contributed by atoms with Gasteiger partial charge in [0, 0.05) is 18.3 Å². The Morgan fingerprint density at radius 2 is 1.79 bits per heavy atom. The van der Waals surface area contributed by atoms with Crippen LogP contribution in [0.1, 0.15) is 26.5 Å². The van der Waals surface area contributed by atoms with E-state index in [2.05, 4.69) is 25.6 Å². The van der Waals surface area contributed by atoms with E-state index in [0.29, 0.717) is 33.5 Å². The number of hydrogen-bond donors (Lipinski definition) is 2. The van der Waals surface area contributed by atoms with Gasteiger partial charge in [-0.15, -0.1) is 10.2 Å². The number of thioether (sulfide) groups is 1. The average molecular weight is 470 g/mol. The van der Waals surface area contributed by atoms with Crippen LogP contribution in [0.15, 0.2) is 53.7 Å². The Morgan fingerprint density at radius 3 is 2.48 bits per heavy atom. The summed E-state index contributed by atoms with van der Waals surface area (Å²) < 4.78 is 11.5. The smallest absolute Gasteiger partial charge is 0.337 e. The second-order valence-electron chi connectivity index (χ2n) is 6.78. The first-order valence-corrected chi connectivity index (χ1v) is 10.8. The fourth-order valence-electron chi connectivity index (χ4n) is 2.80. The van der Waals surface area contributed by atoms with E-state index in [0.717, 1.165) is 0 Å². The Labute approximate surface area is 194 Å². The molecular weight excluding hydrogens is 446 g/mol. The lowest BCUT2D eigenvalue weighted by Crippen LogP contribution is -2.24. The van der Waals surface area contributed by atoms with Gasteiger partial charge in [0.25, 0.3) is 5.91 Å². The van der Waals surface area contributed by atoms with E-state index >= 15 is 0 Å². The van der Waals surface area contributed by atoms with Gasteiger partial charge in [0.05, 0.1) is 32.1 Å². The highest BCUT2D eigenvalue weighted by molar-refractivity contribution is 7.99. The van der Waals surface area contributed by atoms with Gasteiger partial charge in [0.1, 0.15) is 5.75 Å². The van der Waals surface area contributed by atoms with Gasteiger partial charge >= 0.3 is 5.97 Å². The van der Waals surface area contributed by atoms with E-state index in [1.165, 1.54) is 18.9 Å². The number of nitrogens with one attached hydrogen (secondary N) is 2. The van der Waals surface area contributed by atoms with E-state index in [9.17, 15) is 14.4 Å². The molecular formula is C22H23N5O5S. The van der Waals surface area contributed by atoms with E-state index < -0.39 is 5.97 Å². The Balaban J connectivity index is 1.51. The van der Waals surface area contributed by atoms with E-state index in [-0.39, 0.29) is 24.1 Å². The fourth-order valence-corrected chi connectivity index (χ4v) is 3.53. The van der Waals surface area contributed by atoms with Crippen molar-refractivity contribution >= 4 is 35.2 Å². The van der Waals surface area contributed by atoms with Crippen molar-refractivity contribution in [3.8, 4) is 5.75 Å². The number of rotatable bonds is 9. The predicted octanol–water partition coefficient (Wildman–Crippen LogP) is 2.27. The maximum atomic E-state index is 12.3. The predicted molar refractivity (Wildman–Crippen MR) is 122 cm³/mol. The van der Waals surface area contributed by atoms with Crippen molar-refractivity contribution in [2.24, 2.45) is 7.05 Å². The fraction of sp³-hybridized carbons (Fsp3) is 0.227. The van der Waals surface area contributed by atoms with Gasteiger partial charge in [-0.05, 0) is 42.5 Å². The number of nitrogens with zero attached hydrogens (tertiary/aromatic N) is 3. The first-order valence-electron chi connectivity index (χ1n) is 9.82. The molecule has 0 bridgehead atoms. The lowest BCUT2D eigenvalue weighted by Gasteiger charge is -2.08. The maximum absolute atomic E-state index is 12.3. The molecule has 0 saturated carbocycles. The van der Waals surface area contributed by atoms with Crippen molar-refractivity contribution in [3.05, 3.63) is 65.5 Å². The quantitative estimate of drug-likeness (QED) is 0.361. The largest absolute Gasteiger partial charge is 0.497 e. The van der Waals surface area contributed by atoms with Crippen molar-refractivity contribution in [3.63, 3.8) is 0 Å². The number of hydrogen-bond acceptors (Lipinski definition) is 8. The minimum atomic E-state index is -0.480. The van der Waals surface area contributed by atoms with Gasteiger partial charge in [-0.25, -0.2) is 4.79 Å². The second-order valence-corrected chi connectivity index (χ2v) is 7.72. The monoisotopic (exact) mass is 469 g/mol. The van der Waals surface area contributed by atoms with Gasteiger partial charge in [0.15, 0.2) is 11.0 Å². The standard InChI is InChI=1S/C22H23N5O5S/c1-27-18(12-23-20(29)14-7-9-17(31-2)10-8-14)25-26-22(27)33-13-19(28)24-16-6-4-5-15(11-16)21(30)32-3/h4-11H,12-13H2,1-3H3,(H,23,29)(H,24,28). The molecule has 33 heavy (non-hydrogen) atoms. The van der Waals surface area contributed by atoms with Crippen LogP contribution < -0.4 is 15.4 Å². The molecule has 0 atom stereocenters. The molecule has 2 amide bonds. The maximum Gasteiger partial charge on any atom is 0.337 e. The van der Waals surface area contributed by atoms with Crippen LogP contribution in [-0.4, -0.2) is 52.5 Å². The van der Waals surface area contributed by atoms with Crippen LogP contribution in [0.25, 0.3) is 0 Å². The Kier molecular flexibility index (Phi) is 8.03. The zero-order chi connectivity index (χ0) is 23.8. The molecule has 0 radical (unpaired) electrons. The zero-order valence-electron chi connectivity index (χ0n) is 18.3. The summed E-state index contributed by atoms with van der Waals surface area (Å²) >= 11 is 1.20. The zero-order valence-corrected chi connectivity index (χ0v) is 19.1. The first-order chi connectivity index (χ1) is 15.9. The van der Waals surface area contributed by atoms with Crippen LogP contribution in [-0.2, 0) is 23.1 Å². The number of benzene rings is 2. The van der Waals surface area contributed by atoms with Crippen molar-refractivity contribution in [1.29, 1.82) is 0 Å². The molecule has 1 heterocycles. The van der Waals surface area contributed by atoms with Crippen LogP contribution in [0.2, 0.25) is 0 Å². The average Bonchev–Trinajstić information content (AvgIpc) is 3.20. The van der Waals surface area contributed by atoms with Crippen LogP contribution in [0.5, 0.6) is 5.75 Å². The van der Waals surface area contributed by atoms with Gasteiger partial charge < -0.3 is 24.7 Å². The molecule has 11 heteroatoms. The van der Waals surface area contributed by atoms with Crippen LogP contribution in [0.4, 0.5) is 5.69 Å². The minimum absolute atomic E-state index is 0.0899. The summed E-state index contributed by atoms with van der Waals surface area (Å²) in [7, 11) is 4.61. The van der Waals surface area contributed by atoms with Crippen LogP contribution in [0.3, 0.4) is 0 Å². The summed E-state index contributed by atoms with van der Waals surface area (Å²) in [5.41, 5.74) is 1.33. The van der Waals surface area contributed by atoms with Crippen molar-refractivity contribution in [2.75, 3.05) is 25.3 Å². The molecule has 0 spiro atoms. The molecule has 1 aromatic heterocycles. The molecule has 172 valence electrons. The van der Waals surface area contributed by atoms with Crippen molar-refractivity contribution in [2.45, 2.75) is 11.7 Å². The number of aromatic nitrogens is 3. The Morgan fingerprint density at radius 1 is 1.03 bits per heavy atom. The lowest BCUT2D eigenvalue weighted by molar-refractivity contribution is -0.113. The van der Waals surface area contributed by atoms with E-state index in [1.807, 2.05) is 0 Å². The van der Waals surface area contributed by atoms with Crippen molar-refractivity contribution in [1.82, 2.24) is 20.1 Å². The number of esters is 1. The summed E-state index contributed by atoms with van der Waals surface area (Å²) in [5.74, 6) is 0.313. The van der Waals surface area contributed by atoms with Gasteiger partial charge in [-0.2, -0.15) is 0 Å². The second kappa shape index (κ2) is 11.1. The number of carbonyl (C=O) groups excluding carboxylic acids is 3. The highest BCUT2D eigenvalue weighted by Crippen LogP contribution is 2.17. The van der Waals surface area contributed by atoms with Gasteiger partial charge in [-0.1, -0.05) is 17.8 Å². The van der Waals surface area contributed by atoms with Crippen LogP contribution in [0, 0.1) is 0 Å². The molecule has 2 N–H and O–H groups in total. The molecule has 0 aliphatic carbocycles. The topological polar surface area (TPSA) is 124 Å². The molecule has 3 aromatic rings.